The zero-order valence-electron chi connectivity index (χ0n) is 8.51. The molecule has 0 saturated heterocycles. The normalized spacial score (nSPS) is 11.7. The van der Waals surface area contributed by atoms with Crippen molar-refractivity contribution < 1.29 is 8.42 Å². The SMILES string of the molecule is CN(C)S(=O)(=O)N(C)c1ccccc1. The van der Waals surface area contributed by atoms with E-state index < -0.39 is 10.2 Å². The van der Waals surface area contributed by atoms with Gasteiger partial charge in [0.1, 0.15) is 0 Å². The van der Waals surface area contributed by atoms with E-state index in [0.29, 0.717) is 5.69 Å². The smallest absolute Gasteiger partial charge is 0.261 e. The molecule has 0 atom stereocenters. The Bertz CT molecular complexity index is 387. The van der Waals surface area contributed by atoms with E-state index in [-0.39, 0.29) is 0 Å². The lowest BCUT2D eigenvalue weighted by Crippen LogP contribution is -2.37. The van der Waals surface area contributed by atoms with Crippen LogP contribution in [0.15, 0.2) is 30.3 Å². The molecule has 78 valence electrons. The van der Waals surface area contributed by atoms with Crippen LogP contribution < -0.4 is 4.31 Å². The average Bonchev–Trinajstić information content (AvgIpc) is 2.17. The lowest BCUT2D eigenvalue weighted by molar-refractivity contribution is 0.519. The van der Waals surface area contributed by atoms with Gasteiger partial charge in [-0.2, -0.15) is 12.7 Å². The molecule has 0 unspecified atom stereocenters. The van der Waals surface area contributed by atoms with E-state index in [0.717, 1.165) is 0 Å². The van der Waals surface area contributed by atoms with Crippen molar-refractivity contribution in [3.05, 3.63) is 30.3 Å². The Balaban J connectivity index is 3.03. The number of hydrogen-bond acceptors (Lipinski definition) is 2. The van der Waals surface area contributed by atoms with Gasteiger partial charge in [0.2, 0.25) is 0 Å². The average molecular weight is 214 g/mol. The van der Waals surface area contributed by atoms with E-state index in [2.05, 4.69) is 0 Å². The third-order valence-corrected chi connectivity index (χ3v) is 3.75. The Kier molecular flexibility index (Phi) is 3.13. The standard InChI is InChI=1S/C9H14N2O2S/c1-10(2)14(12,13)11(3)9-7-5-4-6-8-9/h4-8H,1-3H3. The maximum atomic E-state index is 11.7. The molecule has 4 nitrogen and oxygen atoms in total. The second kappa shape index (κ2) is 3.98. The molecule has 0 fully saturated rings. The molecule has 0 bridgehead atoms. The number of hydrogen-bond donors (Lipinski definition) is 0. The largest absolute Gasteiger partial charge is 0.303 e. The Morgan fingerprint density at radius 1 is 1.00 bits per heavy atom. The molecule has 0 spiro atoms. The topological polar surface area (TPSA) is 40.6 Å². The molecule has 0 saturated carbocycles. The molecule has 0 aliphatic rings. The number of benzene rings is 1. The van der Waals surface area contributed by atoms with Crippen LogP contribution >= 0.6 is 0 Å². The van der Waals surface area contributed by atoms with Crippen molar-refractivity contribution in [3.63, 3.8) is 0 Å². The second-order valence-corrected chi connectivity index (χ2v) is 5.27. The van der Waals surface area contributed by atoms with Crippen LogP contribution in [0.4, 0.5) is 5.69 Å². The molecule has 0 amide bonds. The molecular formula is C9H14N2O2S. The van der Waals surface area contributed by atoms with Gasteiger partial charge in [-0.3, -0.25) is 4.31 Å². The summed E-state index contributed by atoms with van der Waals surface area (Å²) in [5, 5.41) is 0. The third kappa shape index (κ3) is 2.05. The van der Waals surface area contributed by atoms with Gasteiger partial charge in [0.05, 0.1) is 5.69 Å². The molecule has 5 heteroatoms. The predicted octanol–water partition coefficient (Wildman–Crippen LogP) is 0.929. The summed E-state index contributed by atoms with van der Waals surface area (Å²) in [4.78, 5) is 0. The van der Waals surface area contributed by atoms with Gasteiger partial charge in [-0.05, 0) is 12.1 Å². The molecule has 0 aliphatic heterocycles. The van der Waals surface area contributed by atoms with Crippen molar-refractivity contribution in [3.8, 4) is 0 Å². The zero-order valence-corrected chi connectivity index (χ0v) is 9.32. The van der Waals surface area contributed by atoms with E-state index in [4.69, 9.17) is 0 Å². The fourth-order valence-electron chi connectivity index (χ4n) is 1.02. The number of nitrogens with zero attached hydrogens (tertiary/aromatic N) is 2. The number of para-hydroxylation sites is 1. The Morgan fingerprint density at radius 3 is 1.93 bits per heavy atom. The summed E-state index contributed by atoms with van der Waals surface area (Å²) in [5.41, 5.74) is 0.654. The summed E-state index contributed by atoms with van der Waals surface area (Å²) in [6.07, 6.45) is 0. The quantitative estimate of drug-likeness (QED) is 0.751. The van der Waals surface area contributed by atoms with E-state index >= 15 is 0 Å². The third-order valence-electron chi connectivity index (χ3n) is 1.93. The van der Waals surface area contributed by atoms with Crippen molar-refractivity contribution in [2.45, 2.75) is 0 Å². The lowest BCUT2D eigenvalue weighted by Gasteiger charge is -2.22. The number of anilines is 1. The monoisotopic (exact) mass is 214 g/mol. The van der Waals surface area contributed by atoms with Gasteiger partial charge in [0.15, 0.2) is 0 Å². The van der Waals surface area contributed by atoms with Crippen molar-refractivity contribution in [2.24, 2.45) is 0 Å². The first-order valence-electron chi connectivity index (χ1n) is 4.17. The maximum Gasteiger partial charge on any atom is 0.303 e. The first-order valence-corrected chi connectivity index (χ1v) is 5.57. The fourth-order valence-corrected chi connectivity index (χ4v) is 1.89. The summed E-state index contributed by atoms with van der Waals surface area (Å²) in [6, 6.07) is 8.95. The molecule has 0 N–H and O–H groups in total. The molecule has 0 aromatic heterocycles. The van der Waals surface area contributed by atoms with Gasteiger partial charge in [0.25, 0.3) is 0 Å². The van der Waals surface area contributed by atoms with E-state index in [1.807, 2.05) is 6.07 Å². The molecule has 0 radical (unpaired) electrons. The van der Waals surface area contributed by atoms with E-state index in [1.54, 1.807) is 24.3 Å². The Morgan fingerprint density at radius 2 is 1.50 bits per heavy atom. The van der Waals surface area contributed by atoms with Crippen LogP contribution in [0.1, 0.15) is 0 Å². The zero-order chi connectivity index (χ0) is 10.8. The predicted molar refractivity (Wildman–Crippen MR) is 57.5 cm³/mol. The summed E-state index contributed by atoms with van der Waals surface area (Å²) in [7, 11) is 1.19. The second-order valence-electron chi connectivity index (χ2n) is 3.09. The van der Waals surface area contributed by atoms with Crippen LogP contribution in [-0.4, -0.2) is 33.9 Å². The van der Waals surface area contributed by atoms with Crippen molar-refractivity contribution in [1.29, 1.82) is 0 Å². The van der Waals surface area contributed by atoms with E-state index in [1.165, 1.54) is 29.8 Å². The highest BCUT2D eigenvalue weighted by molar-refractivity contribution is 7.90. The first kappa shape index (κ1) is 11.0. The summed E-state index contributed by atoms with van der Waals surface area (Å²) < 4.78 is 25.8. The van der Waals surface area contributed by atoms with Crippen molar-refractivity contribution >= 4 is 15.9 Å². The van der Waals surface area contributed by atoms with E-state index in [9.17, 15) is 8.42 Å². The molecular weight excluding hydrogens is 200 g/mol. The first-order chi connectivity index (χ1) is 6.46. The van der Waals surface area contributed by atoms with Crippen molar-refractivity contribution in [1.82, 2.24) is 4.31 Å². The summed E-state index contributed by atoms with van der Waals surface area (Å²) >= 11 is 0. The molecule has 1 aromatic rings. The molecule has 0 aliphatic carbocycles. The Labute approximate surface area is 84.9 Å². The van der Waals surface area contributed by atoms with Crippen LogP contribution in [0.3, 0.4) is 0 Å². The van der Waals surface area contributed by atoms with Gasteiger partial charge < -0.3 is 0 Å². The van der Waals surface area contributed by atoms with Crippen LogP contribution in [0.25, 0.3) is 0 Å². The molecule has 14 heavy (non-hydrogen) atoms. The van der Waals surface area contributed by atoms with Crippen LogP contribution in [-0.2, 0) is 10.2 Å². The van der Waals surface area contributed by atoms with Gasteiger partial charge in [-0.25, -0.2) is 0 Å². The van der Waals surface area contributed by atoms with Gasteiger partial charge in [-0.15, -0.1) is 0 Å². The van der Waals surface area contributed by atoms with Crippen LogP contribution in [0.5, 0.6) is 0 Å². The minimum absolute atomic E-state index is 0.654. The van der Waals surface area contributed by atoms with Gasteiger partial charge in [-0.1, -0.05) is 18.2 Å². The van der Waals surface area contributed by atoms with Crippen LogP contribution in [0, 0.1) is 0 Å². The molecule has 1 rings (SSSR count). The molecule has 1 aromatic carbocycles. The maximum absolute atomic E-state index is 11.7. The fraction of sp³-hybridized carbons (Fsp3) is 0.333. The minimum atomic E-state index is -3.36. The summed E-state index contributed by atoms with van der Waals surface area (Å²) in [6.45, 7) is 0. The minimum Gasteiger partial charge on any atom is -0.261 e. The van der Waals surface area contributed by atoms with Crippen LogP contribution in [0.2, 0.25) is 0 Å². The molecule has 0 heterocycles. The highest BCUT2D eigenvalue weighted by Gasteiger charge is 2.20. The lowest BCUT2D eigenvalue weighted by atomic mass is 10.3. The highest BCUT2D eigenvalue weighted by atomic mass is 32.2. The Hall–Kier alpha value is -1.07. The highest BCUT2D eigenvalue weighted by Crippen LogP contribution is 2.15. The van der Waals surface area contributed by atoms with Gasteiger partial charge in [0, 0.05) is 21.1 Å². The van der Waals surface area contributed by atoms with Crippen molar-refractivity contribution in [2.75, 3.05) is 25.4 Å². The van der Waals surface area contributed by atoms with Gasteiger partial charge >= 0.3 is 10.2 Å². The number of rotatable bonds is 3. The summed E-state index contributed by atoms with van der Waals surface area (Å²) in [5.74, 6) is 0.